The Morgan fingerprint density at radius 3 is 2.90 bits per heavy atom. The van der Waals surface area contributed by atoms with Crippen molar-refractivity contribution in [2.24, 2.45) is 0 Å². The second-order valence-electron chi connectivity index (χ2n) is 6.48. The van der Waals surface area contributed by atoms with E-state index in [1.807, 2.05) is 20.0 Å². The molecule has 0 aliphatic heterocycles. The van der Waals surface area contributed by atoms with Crippen LogP contribution in [0.25, 0.3) is 10.9 Å². The number of fused-ring (bicyclic) bond motifs is 1. The topological polar surface area (TPSA) is 135 Å². The molecule has 0 amide bonds. The summed E-state index contributed by atoms with van der Waals surface area (Å²) in [4.78, 5) is 25.8. The average Bonchev–Trinajstić information content (AvgIpc) is 2.69. The van der Waals surface area contributed by atoms with Gasteiger partial charge in [0.1, 0.15) is 35.4 Å². The second kappa shape index (κ2) is 8.86. The molecule has 1 aromatic carbocycles. The van der Waals surface area contributed by atoms with E-state index in [1.165, 1.54) is 6.33 Å². The summed E-state index contributed by atoms with van der Waals surface area (Å²) in [7, 11) is 1.85. The molecule has 0 saturated heterocycles. The zero-order valence-corrected chi connectivity index (χ0v) is 16.9. The number of aromatic nitrogens is 4. The summed E-state index contributed by atoms with van der Waals surface area (Å²) in [5.41, 5.74) is 6.22. The maximum atomic E-state index is 13.2. The third-order valence-corrected chi connectivity index (χ3v) is 4.81. The van der Waals surface area contributed by atoms with E-state index in [9.17, 15) is 10.1 Å². The minimum absolute atomic E-state index is 0.0851. The van der Waals surface area contributed by atoms with Gasteiger partial charge in [0, 0.05) is 6.54 Å². The van der Waals surface area contributed by atoms with E-state index in [1.54, 1.807) is 22.8 Å². The Hall–Kier alpha value is -3.22. The Morgan fingerprint density at radius 1 is 1.38 bits per heavy atom. The van der Waals surface area contributed by atoms with Crippen LogP contribution in [0.1, 0.15) is 30.8 Å². The summed E-state index contributed by atoms with van der Waals surface area (Å²) in [6.45, 7) is 3.05. The van der Waals surface area contributed by atoms with Gasteiger partial charge in [0.2, 0.25) is 0 Å². The van der Waals surface area contributed by atoms with Crippen molar-refractivity contribution >= 4 is 34.1 Å². The van der Waals surface area contributed by atoms with Gasteiger partial charge in [-0.15, -0.1) is 0 Å². The summed E-state index contributed by atoms with van der Waals surface area (Å²) in [5, 5.41) is 16.3. The number of benzene rings is 1. The number of hydrogen-bond donors (Lipinski definition) is 3. The molecule has 2 heterocycles. The quantitative estimate of drug-likeness (QED) is 0.502. The zero-order valence-electron chi connectivity index (χ0n) is 16.1. The summed E-state index contributed by atoms with van der Waals surface area (Å²) >= 11 is 6.27. The van der Waals surface area contributed by atoms with Crippen LogP contribution in [0.3, 0.4) is 0 Å². The summed E-state index contributed by atoms with van der Waals surface area (Å²) in [6.07, 6.45) is 2.01. The van der Waals surface area contributed by atoms with Crippen molar-refractivity contribution in [2.45, 2.75) is 25.9 Å². The average molecular weight is 413 g/mol. The Balaban J connectivity index is 2.09. The highest BCUT2D eigenvalue weighted by molar-refractivity contribution is 6.35. The number of hydrogen-bond acceptors (Lipinski definition) is 8. The molecule has 29 heavy (non-hydrogen) atoms. The fourth-order valence-corrected chi connectivity index (χ4v) is 3.34. The van der Waals surface area contributed by atoms with Gasteiger partial charge in [-0.25, -0.2) is 15.0 Å². The number of nitrogens with two attached hydrogens (primary N) is 1. The molecular weight excluding hydrogens is 392 g/mol. The first kappa shape index (κ1) is 20.5. The van der Waals surface area contributed by atoms with Crippen molar-refractivity contribution in [1.29, 1.82) is 5.26 Å². The predicted octanol–water partition coefficient (Wildman–Crippen LogP) is 2.08. The number of nitrogens with one attached hydrogen (secondary N) is 2. The van der Waals surface area contributed by atoms with Gasteiger partial charge < -0.3 is 16.4 Å². The van der Waals surface area contributed by atoms with Crippen molar-refractivity contribution < 1.29 is 0 Å². The lowest BCUT2D eigenvalue weighted by molar-refractivity contribution is 0.552. The number of nitrogen functional groups attached to an aromatic ring is 1. The van der Waals surface area contributed by atoms with Crippen LogP contribution in [0.2, 0.25) is 5.02 Å². The van der Waals surface area contributed by atoms with Crippen molar-refractivity contribution in [3.8, 4) is 6.07 Å². The van der Waals surface area contributed by atoms with Crippen LogP contribution in [0.15, 0.2) is 29.3 Å². The van der Waals surface area contributed by atoms with Crippen molar-refractivity contribution in [3.05, 3.63) is 51.3 Å². The minimum atomic E-state index is -0.429. The summed E-state index contributed by atoms with van der Waals surface area (Å²) in [5.74, 6) is 0.888. The molecule has 0 aliphatic rings. The van der Waals surface area contributed by atoms with E-state index in [2.05, 4.69) is 25.6 Å². The first-order valence-electron chi connectivity index (χ1n) is 9.08. The number of nitrogens with zero attached hydrogens (tertiary/aromatic N) is 5. The highest BCUT2D eigenvalue weighted by Crippen LogP contribution is 2.24. The molecule has 150 valence electrons. The van der Waals surface area contributed by atoms with Gasteiger partial charge in [-0.05, 0) is 39.1 Å². The maximum Gasteiger partial charge on any atom is 0.262 e. The maximum absolute atomic E-state index is 13.2. The smallest absolute Gasteiger partial charge is 0.262 e. The number of rotatable bonds is 7. The fourth-order valence-electron chi connectivity index (χ4n) is 3.09. The van der Waals surface area contributed by atoms with Crippen LogP contribution < -0.4 is 21.9 Å². The van der Waals surface area contributed by atoms with Gasteiger partial charge in [-0.3, -0.25) is 9.36 Å². The van der Waals surface area contributed by atoms with E-state index in [4.69, 9.17) is 17.3 Å². The lowest BCUT2D eigenvalue weighted by atomic mass is 10.2. The molecule has 0 aliphatic carbocycles. The van der Waals surface area contributed by atoms with Gasteiger partial charge in [-0.2, -0.15) is 5.26 Å². The van der Waals surface area contributed by atoms with E-state index in [0.29, 0.717) is 28.3 Å². The van der Waals surface area contributed by atoms with Gasteiger partial charge in [0.15, 0.2) is 0 Å². The highest BCUT2D eigenvalue weighted by Gasteiger charge is 2.20. The van der Waals surface area contributed by atoms with Crippen LogP contribution in [-0.4, -0.2) is 33.1 Å². The fraction of sp³-hybridized carbons (Fsp3) is 0.316. The van der Waals surface area contributed by atoms with E-state index < -0.39 is 6.04 Å². The largest absolute Gasteiger partial charge is 0.382 e. The molecule has 4 N–H and O–H groups in total. The van der Waals surface area contributed by atoms with Crippen LogP contribution >= 0.6 is 11.6 Å². The molecule has 3 rings (SSSR count). The molecule has 0 radical (unpaired) electrons. The Labute approximate surface area is 172 Å². The molecule has 10 heteroatoms. The monoisotopic (exact) mass is 412 g/mol. The van der Waals surface area contributed by atoms with E-state index >= 15 is 0 Å². The number of nitriles is 1. The van der Waals surface area contributed by atoms with Gasteiger partial charge >= 0.3 is 0 Å². The van der Waals surface area contributed by atoms with Crippen molar-refractivity contribution in [2.75, 3.05) is 24.6 Å². The lowest BCUT2D eigenvalue weighted by Crippen LogP contribution is -2.30. The van der Waals surface area contributed by atoms with E-state index in [0.717, 1.165) is 13.0 Å². The standard InChI is InChI=1S/C19H21ClN8O/c1-11(26-17-12(9-21)16(22)24-10-25-17)18-27-14-6-3-5-13(20)15(14)19(29)28(18)8-4-7-23-2/h3,5-6,10-11,23H,4,7-8H2,1-2H3,(H3,22,24,25,26). The second-order valence-corrected chi connectivity index (χ2v) is 6.89. The third-order valence-electron chi connectivity index (χ3n) is 4.50. The number of anilines is 2. The van der Waals surface area contributed by atoms with Crippen LogP contribution in [-0.2, 0) is 6.54 Å². The zero-order chi connectivity index (χ0) is 21.0. The molecule has 0 spiro atoms. The molecule has 3 aromatic rings. The summed E-state index contributed by atoms with van der Waals surface area (Å²) < 4.78 is 1.61. The molecule has 1 unspecified atom stereocenters. The van der Waals surface area contributed by atoms with Gasteiger partial charge in [0.05, 0.1) is 22.0 Å². The first-order valence-corrected chi connectivity index (χ1v) is 9.46. The Morgan fingerprint density at radius 2 is 2.17 bits per heavy atom. The molecular formula is C19H21ClN8O. The normalized spacial score (nSPS) is 11.9. The van der Waals surface area contributed by atoms with Crippen molar-refractivity contribution in [3.63, 3.8) is 0 Å². The highest BCUT2D eigenvalue weighted by atomic mass is 35.5. The first-order chi connectivity index (χ1) is 14.0. The molecule has 9 nitrogen and oxygen atoms in total. The lowest BCUT2D eigenvalue weighted by Gasteiger charge is -2.20. The van der Waals surface area contributed by atoms with Crippen LogP contribution in [0.4, 0.5) is 11.6 Å². The Bertz CT molecular complexity index is 1140. The van der Waals surface area contributed by atoms with Crippen molar-refractivity contribution in [1.82, 2.24) is 24.8 Å². The molecule has 2 aromatic heterocycles. The molecule has 1 atom stereocenters. The molecule has 0 bridgehead atoms. The van der Waals surface area contributed by atoms with E-state index in [-0.39, 0.29) is 22.8 Å². The summed E-state index contributed by atoms with van der Waals surface area (Å²) in [6, 6.07) is 6.75. The van der Waals surface area contributed by atoms with Crippen LogP contribution in [0, 0.1) is 11.3 Å². The predicted molar refractivity (Wildman–Crippen MR) is 113 cm³/mol. The SMILES string of the molecule is CNCCCn1c(C(C)Nc2ncnc(N)c2C#N)nc2cccc(Cl)c2c1=O. The van der Waals surface area contributed by atoms with Crippen LogP contribution in [0.5, 0.6) is 0 Å². The molecule has 0 fully saturated rings. The van der Waals surface area contributed by atoms with Gasteiger partial charge in [0.25, 0.3) is 5.56 Å². The molecule has 0 saturated carbocycles. The minimum Gasteiger partial charge on any atom is -0.382 e. The Kier molecular flexibility index (Phi) is 6.26. The number of halogens is 1. The third kappa shape index (κ3) is 4.13. The van der Waals surface area contributed by atoms with Gasteiger partial charge in [-0.1, -0.05) is 17.7 Å².